The fraction of sp³-hybridized carbons (Fsp3) is 0.286. The summed E-state index contributed by atoms with van der Waals surface area (Å²) in [5.41, 5.74) is -1.89. The first-order valence-corrected chi connectivity index (χ1v) is 6.24. The molecule has 110 valence electrons. The van der Waals surface area contributed by atoms with E-state index < -0.39 is 28.9 Å². The average molecular weight is 299 g/mol. The SMILES string of the molecule is O=C(c1ccc(F)cc1C(F)(F)F)c1cnoc1C1CC1. The molecule has 0 bridgehead atoms. The highest BCUT2D eigenvalue weighted by molar-refractivity contribution is 6.10. The number of halogens is 4. The minimum Gasteiger partial charge on any atom is -0.360 e. The Labute approximate surface area is 116 Å². The molecule has 1 saturated carbocycles. The van der Waals surface area contributed by atoms with Crippen LogP contribution in [0.5, 0.6) is 0 Å². The zero-order chi connectivity index (χ0) is 15.2. The standard InChI is InChI=1S/C14H9F4NO2/c15-8-3-4-9(11(5-8)14(16,17)18)12(20)10-6-19-21-13(10)7-1-2-7/h3-7H,1-2H2. The number of benzene rings is 1. The third-order valence-electron chi connectivity index (χ3n) is 3.32. The van der Waals surface area contributed by atoms with Gasteiger partial charge in [0.05, 0.1) is 17.3 Å². The molecule has 0 saturated heterocycles. The number of hydrogen-bond acceptors (Lipinski definition) is 3. The number of hydrogen-bond donors (Lipinski definition) is 0. The maximum atomic E-state index is 13.1. The molecule has 0 atom stereocenters. The molecule has 2 aromatic rings. The van der Waals surface area contributed by atoms with Gasteiger partial charge in [-0.1, -0.05) is 5.16 Å². The summed E-state index contributed by atoms with van der Waals surface area (Å²) in [6.07, 6.45) is -2.08. The number of rotatable bonds is 3. The van der Waals surface area contributed by atoms with Gasteiger partial charge in [0.15, 0.2) is 11.5 Å². The van der Waals surface area contributed by atoms with E-state index >= 15 is 0 Å². The summed E-state index contributed by atoms with van der Waals surface area (Å²) in [7, 11) is 0. The molecule has 3 rings (SSSR count). The molecule has 3 nitrogen and oxygen atoms in total. The lowest BCUT2D eigenvalue weighted by Crippen LogP contribution is -2.14. The van der Waals surface area contributed by atoms with Gasteiger partial charge in [0, 0.05) is 11.5 Å². The summed E-state index contributed by atoms with van der Waals surface area (Å²) in [6.45, 7) is 0. The topological polar surface area (TPSA) is 43.1 Å². The van der Waals surface area contributed by atoms with Crippen molar-refractivity contribution in [2.24, 2.45) is 0 Å². The smallest absolute Gasteiger partial charge is 0.360 e. The Hall–Kier alpha value is -2.18. The average Bonchev–Trinajstić information content (AvgIpc) is 3.14. The number of carbonyl (C=O) groups excluding carboxylic acids is 1. The van der Waals surface area contributed by atoms with Crippen molar-refractivity contribution in [2.75, 3.05) is 0 Å². The third-order valence-corrected chi connectivity index (χ3v) is 3.32. The maximum absolute atomic E-state index is 13.1. The Morgan fingerprint density at radius 2 is 1.95 bits per heavy atom. The van der Waals surface area contributed by atoms with Gasteiger partial charge < -0.3 is 4.52 Å². The van der Waals surface area contributed by atoms with E-state index in [1.54, 1.807) is 0 Å². The molecule has 21 heavy (non-hydrogen) atoms. The lowest BCUT2D eigenvalue weighted by Gasteiger charge is -2.11. The number of ketones is 1. The zero-order valence-corrected chi connectivity index (χ0v) is 10.6. The molecule has 1 aliphatic carbocycles. The fourth-order valence-corrected chi connectivity index (χ4v) is 2.15. The molecule has 0 amide bonds. The van der Waals surface area contributed by atoms with E-state index in [4.69, 9.17) is 4.52 Å². The highest BCUT2D eigenvalue weighted by atomic mass is 19.4. The van der Waals surface area contributed by atoms with Crippen molar-refractivity contribution in [2.45, 2.75) is 24.9 Å². The molecular formula is C14H9F4NO2. The van der Waals surface area contributed by atoms with Crippen LogP contribution in [0, 0.1) is 5.82 Å². The van der Waals surface area contributed by atoms with Crippen LogP contribution < -0.4 is 0 Å². The second-order valence-corrected chi connectivity index (χ2v) is 4.89. The molecule has 1 heterocycles. The van der Waals surface area contributed by atoms with Gasteiger partial charge in [-0.05, 0) is 31.0 Å². The van der Waals surface area contributed by atoms with Gasteiger partial charge >= 0.3 is 6.18 Å². The van der Waals surface area contributed by atoms with Crippen LogP contribution in [0.3, 0.4) is 0 Å². The Balaban J connectivity index is 2.07. The van der Waals surface area contributed by atoms with E-state index in [0.717, 1.165) is 31.2 Å². The van der Waals surface area contributed by atoms with E-state index in [9.17, 15) is 22.4 Å². The molecule has 1 aromatic heterocycles. The number of aromatic nitrogens is 1. The van der Waals surface area contributed by atoms with Crippen molar-refractivity contribution in [3.63, 3.8) is 0 Å². The van der Waals surface area contributed by atoms with Crippen molar-refractivity contribution in [1.29, 1.82) is 0 Å². The third kappa shape index (κ3) is 2.55. The summed E-state index contributed by atoms with van der Waals surface area (Å²) in [6, 6.07) is 1.98. The van der Waals surface area contributed by atoms with Crippen LogP contribution in [-0.2, 0) is 6.18 Å². The van der Waals surface area contributed by atoms with Gasteiger partial charge in [-0.3, -0.25) is 4.79 Å². The van der Waals surface area contributed by atoms with E-state index in [-0.39, 0.29) is 11.5 Å². The van der Waals surface area contributed by atoms with Gasteiger partial charge in [-0.2, -0.15) is 13.2 Å². The Morgan fingerprint density at radius 1 is 1.24 bits per heavy atom. The highest BCUT2D eigenvalue weighted by Gasteiger charge is 2.38. The zero-order valence-electron chi connectivity index (χ0n) is 10.6. The van der Waals surface area contributed by atoms with Gasteiger partial charge in [0.2, 0.25) is 0 Å². The lowest BCUT2D eigenvalue weighted by atomic mass is 9.97. The summed E-state index contributed by atoms with van der Waals surface area (Å²) in [4.78, 5) is 12.3. The van der Waals surface area contributed by atoms with E-state index in [1.165, 1.54) is 0 Å². The van der Waals surface area contributed by atoms with Crippen LogP contribution in [0.2, 0.25) is 0 Å². The Kier molecular flexibility index (Phi) is 3.07. The first kappa shape index (κ1) is 13.8. The predicted molar refractivity (Wildman–Crippen MR) is 63.3 cm³/mol. The summed E-state index contributed by atoms with van der Waals surface area (Å²) >= 11 is 0. The number of carbonyl (C=O) groups is 1. The van der Waals surface area contributed by atoms with Gasteiger partial charge in [-0.25, -0.2) is 4.39 Å². The first-order chi connectivity index (χ1) is 9.88. The van der Waals surface area contributed by atoms with Crippen LogP contribution >= 0.6 is 0 Å². The molecule has 0 N–H and O–H groups in total. The molecule has 1 fully saturated rings. The largest absolute Gasteiger partial charge is 0.417 e. The van der Waals surface area contributed by atoms with Gasteiger partial charge in [0.1, 0.15) is 5.82 Å². The minimum atomic E-state index is -4.82. The maximum Gasteiger partial charge on any atom is 0.417 e. The van der Waals surface area contributed by atoms with Crippen molar-refractivity contribution in [3.8, 4) is 0 Å². The van der Waals surface area contributed by atoms with E-state index in [2.05, 4.69) is 5.16 Å². The molecule has 0 radical (unpaired) electrons. The lowest BCUT2D eigenvalue weighted by molar-refractivity contribution is -0.138. The quantitative estimate of drug-likeness (QED) is 0.637. The van der Waals surface area contributed by atoms with E-state index in [1.807, 2.05) is 0 Å². The highest BCUT2D eigenvalue weighted by Crippen LogP contribution is 2.42. The Bertz CT molecular complexity index is 701. The molecule has 0 spiro atoms. The van der Waals surface area contributed by atoms with Gasteiger partial charge in [-0.15, -0.1) is 0 Å². The molecular weight excluding hydrogens is 290 g/mol. The Morgan fingerprint density at radius 3 is 2.57 bits per heavy atom. The van der Waals surface area contributed by atoms with Crippen molar-refractivity contribution >= 4 is 5.78 Å². The minimum absolute atomic E-state index is 0.00890. The summed E-state index contributed by atoms with van der Waals surface area (Å²) < 4.78 is 56.8. The van der Waals surface area contributed by atoms with Gasteiger partial charge in [0.25, 0.3) is 0 Å². The molecule has 1 aliphatic rings. The first-order valence-electron chi connectivity index (χ1n) is 6.24. The molecule has 1 aromatic carbocycles. The van der Waals surface area contributed by atoms with Crippen LogP contribution in [0.1, 0.15) is 46.0 Å². The summed E-state index contributed by atoms with van der Waals surface area (Å²) in [5.74, 6) is -1.57. The van der Waals surface area contributed by atoms with Crippen LogP contribution in [0.15, 0.2) is 28.9 Å². The molecule has 0 aliphatic heterocycles. The number of nitrogens with zero attached hydrogens (tertiary/aromatic N) is 1. The fourth-order valence-electron chi connectivity index (χ4n) is 2.15. The number of alkyl halides is 3. The van der Waals surface area contributed by atoms with Crippen molar-refractivity contribution < 1.29 is 26.9 Å². The second-order valence-electron chi connectivity index (χ2n) is 4.89. The second kappa shape index (κ2) is 4.68. The van der Waals surface area contributed by atoms with E-state index in [0.29, 0.717) is 11.8 Å². The predicted octanol–water partition coefficient (Wildman–Crippen LogP) is 3.94. The van der Waals surface area contributed by atoms with Crippen LogP contribution in [0.25, 0.3) is 0 Å². The monoisotopic (exact) mass is 299 g/mol. The van der Waals surface area contributed by atoms with Crippen LogP contribution in [-0.4, -0.2) is 10.9 Å². The normalized spacial score (nSPS) is 15.2. The van der Waals surface area contributed by atoms with Crippen LogP contribution in [0.4, 0.5) is 17.6 Å². The molecule has 0 unspecified atom stereocenters. The van der Waals surface area contributed by atoms with Crippen molar-refractivity contribution in [3.05, 3.63) is 52.7 Å². The summed E-state index contributed by atoms with van der Waals surface area (Å²) in [5, 5.41) is 3.49. The van der Waals surface area contributed by atoms with Crippen molar-refractivity contribution in [1.82, 2.24) is 5.16 Å². The molecule has 7 heteroatoms.